The Morgan fingerprint density at radius 1 is 1.00 bits per heavy atom. The van der Waals surface area contributed by atoms with Gasteiger partial charge in [-0.1, -0.05) is 75.2 Å². The third-order valence-electron chi connectivity index (χ3n) is 4.96. The van der Waals surface area contributed by atoms with Crippen molar-refractivity contribution in [1.29, 1.82) is 0 Å². The summed E-state index contributed by atoms with van der Waals surface area (Å²) in [5.41, 5.74) is 2.99. The molecule has 2 nitrogen and oxygen atoms in total. The highest BCUT2D eigenvalue weighted by molar-refractivity contribution is 6.42. The molecule has 26 heavy (non-hydrogen) atoms. The molecule has 1 unspecified atom stereocenters. The van der Waals surface area contributed by atoms with E-state index in [9.17, 15) is 9.90 Å². The number of aldehydes is 1. The van der Waals surface area contributed by atoms with Crippen LogP contribution in [0.4, 0.5) is 0 Å². The van der Waals surface area contributed by atoms with Crippen molar-refractivity contribution in [1.82, 2.24) is 0 Å². The van der Waals surface area contributed by atoms with Crippen LogP contribution in [0.1, 0.15) is 68.2 Å². The smallest absolute Gasteiger partial charge is 0.135 e. The monoisotopic (exact) mass is 392 g/mol. The van der Waals surface area contributed by atoms with Gasteiger partial charge in [0.15, 0.2) is 0 Å². The van der Waals surface area contributed by atoms with E-state index in [0.717, 1.165) is 28.5 Å². The summed E-state index contributed by atoms with van der Waals surface area (Å²) in [6.45, 7) is 8.36. The molecule has 140 valence electrons. The van der Waals surface area contributed by atoms with Crippen LogP contribution < -0.4 is 0 Å². The van der Waals surface area contributed by atoms with Gasteiger partial charge in [0.1, 0.15) is 6.29 Å². The largest absolute Gasteiger partial charge is 0.396 e. The molecular weight excluding hydrogens is 367 g/mol. The molecule has 0 aliphatic heterocycles. The van der Waals surface area contributed by atoms with E-state index < -0.39 is 5.41 Å². The number of halogens is 2. The Balaban J connectivity index is 2.91. The van der Waals surface area contributed by atoms with Crippen molar-refractivity contribution < 1.29 is 9.90 Å². The quantitative estimate of drug-likeness (QED) is 0.577. The number of carbonyl (C=O) groups excluding carboxylic acids is 1. The fraction of sp³-hybridized carbons (Fsp3) is 0.409. The Morgan fingerprint density at radius 3 is 2.00 bits per heavy atom. The minimum Gasteiger partial charge on any atom is -0.396 e. The highest BCUT2D eigenvalue weighted by Crippen LogP contribution is 2.43. The Kier molecular flexibility index (Phi) is 6.90. The van der Waals surface area contributed by atoms with Crippen LogP contribution in [0.3, 0.4) is 0 Å². The van der Waals surface area contributed by atoms with E-state index in [4.69, 9.17) is 23.2 Å². The fourth-order valence-corrected chi connectivity index (χ4v) is 3.91. The lowest BCUT2D eigenvalue weighted by molar-refractivity contribution is -0.111. The van der Waals surface area contributed by atoms with E-state index in [0.29, 0.717) is 10.0 Å². The zero-order chi connectivity index (χ0) is 19.5. The number of rotatable bonds is 7. The molecule has 2 aromatic rings. The van der Waals surface area contributed by atoms with Crippen LogP contribution in [0.15, 0.2) is 36.4 Å². The molecule has 0 amide bonds. The molecule has 0 aromatic heterocycles. The molecule has 1 atom stereocenters. The molecule has 4 heteroatoms. The van der Waals surface area contributed by atoms with Crippen LogP contribution in [0.25, 0.3) is 0 Å². The number of aliphatic hydroxyl groups is 1. The molecule has 0 fully saturated rings. The predicted molar refractivity (Wildman–Crippen MR) is 110 cm³/mol. The number of aliphatic hydroxyl groups excluding tert-OH is 1. The van der Waals surface area contributed by atoms with Crippen LogP contribution in [0.2, 0.25) is 10.0 Å². The molecule has 0 aliphatic carbocycles. The van der Waals surface area contributed by atoms with Gasteiger partial charge in [-0.3, -0.25) is 0 Å². The number of hydrogen-bond acceptors (Lipinski definition) is 2. The molecule has 0 heterocycles. The van der Waals surface area contributed by atoms with Crippen molar-refractivity contribution in [3.05, 3.63) is 68.7 Å². The average molecular weight is 393 g/mol. The Bertz CT molecular complexity index is 757. The number of benzene rings is 2. The normalized spacial score (nSPS) is 13.9. The van der Waals surface area contributed by atoms with E-state index in [1.165, 1.54) is 0 Å². The lowest BCUT2D eigenvalue weighted by atomic mass is 9.67. The molecule has 0 saturated heterocycles. The Morgan fingerprint density at radius 2 is 1.58 bits per heavy atom. The standard InChI is InChI=1S/C22H26Cl2O2/c1-14(2)17-6-5-7-18(15(3)4)21(17)22(13-26,10-11-25)16-8-9-19(23)20(24)12-16/h5-9,12-15,25H,10-11H2,1-4H3. The molecule has 0 saturated carbocycles. The fourth-order valence-electron chi connectivity index (χ4n) is 3.62. The molecule has 0 bridgehead atoms. The Labute approximate surface area is 166 Å². The molecular formula is C22H26Cl2O2. The number of carbonyl (C=O) groups is 1. The molecule has 1 N–H and O–H groups in total. The van der Waals surface area contributed by atoms with Gasteiger partial charge in [0.25, 0.3) is 0 Å². The van der Waals surface area contributed by atoms with Crippen LogP contribution >= 0.6 is 23.2 Å². The van der Waals surface area contributed by atoms with Crippen molar-refractivity contribution >= 4 is 29.5 Å². The lowest BCUT2D eigenvalue weighted by Crippen LogP contribution is -2.34. The van der Waals surface area contributed by atoms with E-state index in [2.05, 4.69) is 39.8 Å². The second kappa shape index (κ2) is 8.56. The van der Waals surface area contributed by atoms with Crippen molar-refractivity contribution in [3.8, 4) is 0 Å². The summed E-state index contributed by atoms with van der Waals surface area (Å²) < 4.78 is 0. The van der Waals surface area contributed by atoms with Gasteiger partial charge in [0.05, 0.1) is 15.5 Å². The first-order valence-electron chi connectivity index (χ1n) is 8.94. The van der Waals surface area contributed by atoms with Gasteiger partial charge < -0.3 is 9.90 Å². The SMILES string of the molecule is CC(C)c1cccc(C(C)C)c1C(C=O)(CCO)c1ccc(Cl)c(Cl)c1. The van der Waals surface area contributed by atoms with Gasteiger partial charge in [-0.05, 0) is 52.6 Å². The van der Waals surface area contributed by atoms with E-state index in [1.807, 2.05) is 12.1 Å². The van der Waals surface area contributed by atoms with Gasteiger partial charge in [0, 0.05) is 6.61 Å². The van der Waals surface area contributed by atoms with E-state index in [-0.39, 0.29) is 24.9 Å². The Hall–Kier alpha value is -1.35. The van der Waals surface area contributed by atoms with Crippen LogP contribution in [-0.2, 0) is 10.2 Å². The van der Waals surface area contributed by atoms with Crippen molar-refractivity contribution in [2.75, 3.05) is 6.61 Å². The first-order chi connectivity index (χ1) is 12.3. The first-order valence-corrected chi connectivity index (χ1v) is 9.70. The zero-order valence-electron chi connectivity index (χ0n) is 15.7. The van der Waals surface area contributed by atoms with Gasteiger partial charge in [-0.25, -0.2) is 0 Å². The number of hydrogen-bond donors (Lipinski definition) is 1. The van der Waals surface area contributed by atoms with Crippen molar-refractivity contribution in [3.63, 3.8) is 0 Å². The summed E-state index contributed by atoms with van der Waals surface area (Å²) in [6, 6.07) is 11.5. The lowest BCUT2D eigenvalue weighted by Gasteiger charge is -2.35. The molecule has 0 aliphatic rings. The summed E-state index contributed by atoms with van der Waals surface area (Å²) >= 11 is 12.3. The summed E-state index contributed by atoms with van der Waals surface area (Å²) in [5, 5.41) is 10.7. The second-order valence-corrected chi connectivity index (χ2v) is 8.13. The third-order valence-corrected chi connectivity index (χ3v) is 5.70. The summed E-state index contributed by atoms with van der Waals surface area (Å²) in [6.07, 6.45) is 1.24. The highest BCUT2D eigenvalue weighted by atomic mass is 35.5. The summed E-state index contributed by atoms with van der Waals surface area (Å²) in [7, 11) is 0. The van der Waals surface area contributed by atoms with Gasteiger partial charge in [0.2, 0.25) is 0 Å². The maximum absolute atomic E-state index is 12.6. The van der Waals surface area contributed by atoms with E-state index in [1.54, 1.807) is 12.1 Å². The summed E-state index contributed by atoms with van der Waals surface area (Å²) in [5.74, 6) is 0.481. The van der Waals surface area contributed by atoms with Crippen LogP contribution in [0.5, 0.6) is 0 Å². The average Bonchev–Trinajstić information content (AvgIpc) is 2.61. The minimum absolute atomic E-state index is 0.108. The molecule has 2 rings (SSSR count). The van der Waals surface area contributed by atoms with Gasteiger partial charge in [-0.2, -0.15) is 0 Å². The van der Waals surface area contributed by atoms with Gasteiger partial charge in [-0.15, -0.1) is 0 Å². The minimum atomic E-state index is -0.969. The zero-order valence-corrected chi connectivity index (χ0v) is 17.2. The van der Waals surface area contributed by atoms with E-state index >= 15 is 0 Å². The van der Waals surface area contributed by atoms with Gasteiger partial charge >= 0.3 is 0 Å². The topological polar surface area (TPSA) is 37.3 Å². The second-order valence-electron chi connectivity index (χ2n) is 7.31. The molecule has 2 aromatic carbocycles. The van der Waals surface area contributed by atoms with Crippen molar-refractivity contribution in [2.24, 2.45) is 0 Å². The maximum Gasteiger partial charge on any atom is 0.135 e. The summed E-state index contributed by atoms with van der Waals surface area (Å²) in [4.78, 5) is 12.6. The highest BCUT2D eigenvalue weighted by Gasteiger charge is 2.38. The first kappa shape index (κ1) is 21.0. The van der Waals surface area contributed by atoms with Crippen LogP contribution in [0, 0.1) is 0 Å². The van der Waals surface area contributed by atoms with Crippen LogP contribution in [-0.4, -0.2) is 18.0 Å². The third kappa shape index (κ3) is 3.83. The maximum atomic E-state index is 12.6. The molecule has 0 radical (unpaired) electrons. The predicted octanol–water partition coefficient (Wildman–Crippen LogP) is 6.11. The van der Waals surface area contributed by atoms with Crippen molar-refractivity contribution in [2.45, 2.75) is 51.4 Å². The molecule has 0 spiro atoms.